The van der Waals surface area contributed by atoms with Crippen molar-refractivity contribution >= 4 is 17.9 Å². The Morgan fingerprint density at radius 2 is 2.33 bits per heavy atom. The van der Waals surface area contributed by atoms with Crippen molar-refractivity contribution in [2.24, 2.45) is 0 Å². The second-order valence-electron chi connectivity index (χ2n) is 1.54. The summed E-state index contributed by atoms with van der Waals surface area (Å²) in [5.41, 5.74) is 0. The smallest absolute Gasteiger partial charge is 0.178 e. The van der Waals surface area contributed by atoms with Gasteiger partial charge in [0.2, 0.25) is 0 Å². The Labute approximate surface area is 58.5 Å². The molecule has 0 aliphatic carbocycles. The molecule has 9 heavy (non-hydrogen) atoms. The van der Waals surface area contributed by atoms with Crippen LogP contribution >= 0.6 is 11.6 Å². The minimum Gasteiger partial charge on any atom is -0.295 e. The van der Waals surface area contributed by atoms with E-state index in [1.807, 2.05) is 0 Å². The van der Waals surface area contributed by atoms with Crippen LogP contribution in [0.1, 0.15) is 12.8 Å². The third-order valence-electron chi connectivity index (χ3n) is 0.790. The van der Waals surface area contributed by atoms with Gasteiger partial charge < -0.3 is 0 Å². The fraction of sp³-hybridized carbons (Fsp3) is 0.500. The number of hydrogen-bond acceptors (Lipinski definition) is 1. The van der Waals surface area contributed by atoms with Crippen molar-refractivity contribution in [1.29, 1.82) is 0 Å². The largest absolute Gasteiger partial charge is 0.295 e. The summed E-state index contributed by atoms with van der Waals surface area (Å²) in [6.45, 7) is 0. The lowest BCUT2D eigenvalue weighted by Crippen LogP contribution is -1.76. The predicted octanol–water partition coefficient (Wildman–Crippen LogP) is 2.06. The van der Waals surface area contributed by atoms with Crippen molar-refractivity contribution in [3.05, 3.63) is 11.9 Å². The Morgan fingerprint density at radius 3 is 2.78 bits per heavy atom. The minimum atomic E-state index is -0.708. The SMILES string of the molecule is O=CC(F)=CCCCCl. The minimum absolute atomic E-state index is 0.189. The van der Waals surface area contributed by atoms with Crippen LogP contribution in [0, 0.1) is 0 Å². The third kappa shape index (κ3) is 5.50. The number of unbranched alkanes of at least 4 members (excludes halogenated alkanes) is 1. The first kappa shape index (κ1) is 8.63. The van der Waals surface area contributed by atoms with E-state index in [-0.39, 0.29) is 6.29 Å². The molecule has 0 aliphatic rings. The van der Waals surface area contributed by atoms with Crippen molar-refractivity contribution in [3.8, 4) is 0 Å². The molecular weight excluding hydrogens is 143 g/mol. The van der Waals surface area contributed by atoms with E-state index < -0.39 is 5.83 Å². The molecule has 0 unspecified atom stereocenters. The molecule has 0 aromatic heterocycles. The Hall–Kier alpha value is -0.370. The van der Waals surface area contributed by atoms with Gasteiger partial charge in [0, 0.05) is 5.88 Å². The lowest BCUT2D eigenvalue weighted by Gasteiger charge is -1.84. The third-order valence-corrected chi connectivity index (χ3v) is 1.06. The quantitative estimate of drug-likeness (QED) is 0.260. The first-order chi connectivity index (χ1) is 4.31. The molecule has 0 saturated heterocycles. The number of allylic oxidation sites excluding steroid dienone is 2. The van der Waals surface area contributed by atoms with Gasteiger partial charge in [-0.15, -0.1) is 11.6 Å². The summed E-state index contributed by atoms with van der Waals surface area (Å²) in [5, 5.41) is 0. The fourth-order valence-electron chi connectivity index (χ4n) is 0.365. The first-order valence-corrected chi connectivity index (χ1v) is 3.21. The maximum Gasteiger partial charge on any atom is 0.178 e. The molecule has 0 N–H and O–H groups in total. The summed E-state index contributed by atoms with van der Waals surface area (Å²) < 4.78 is 11.9. The van der Waals surface area contributed by atoms with E-state index in [0.717, 1.165) is 0 Å². The molecule has 0 aliphatic heterocycles. The highest BCUT2D eigenvalue weighted by Crippen LogP contribution is 1.98. The monoisotopic (exact) mass is 150 g/mol. The highest BCUT2D eigenvalue weighted by molar-refractivity contribution is 6.17. The highest BCUT2D eigenvalue weighted by atomic mass is 35.5. The summed E-state index contributed by atoms with van der Waals surface area (Å²) in [4.78, 5) is 9.62. The Bertz CT molecular complexity index is 112. The van der Waals surface area contributed by atoms with Crippen LogP contribution in [0.15, 0.2) is 11.9 Å². The highest BCUT2D eigenvalue weighted by Gasteiger charge is 1.87. The van der Waals surface area contributed by atoms with Crippen LogP contribution in [0.4, 0.5) is 4.39 Å². The van der Waals surface area contributed by atoms with Crippen LogP contribution in [0.2, 0.25) is 0 Å². The zero-order valence-corrected chi connectivity index (χ0v) is 5.70. The van der Waals surface area contributed by atoms with Gasteiger partial charge in [-0.3, -0.25) is 4.79 Å². The lowest BCUT2D eigenvalue weighted by atomic mass is 10.3. The second-order valence-corrected chi connectivity index (χ2v) is 1.92. The zero-order valence-electron chi connectivity index (χ0n) is 4.94. The normalized spacial score (nSPS) is 11.6. The van der Waals surface area contributed by atoms with Crippen LogP contribution in [0.5, 0.6) is 0 Å². The van der Waals surface area contributed by atoms with Gasteiger partial charge in [0.25, 0.3) is 0 Å². The summed E-state index contributed by atoms with van der Waals surface area (Å²) in [5.74, 6) is -0.206. The van der Waals surface area contributed by atoms with Gasteiger partial charge in [-0.25, -0.2) is 4.39 Å². The van der Waals surface area contributed by atoms with Crippen molar-refractivity contribution in [2.75, 3.05) is 5.88 Å². The zero-order chi connectivity index (χ0) is 7.11. The molecule has 0 atom stereocenters. The second kappa shape index (κ2) is 5.76. The maximum atomic E-state index is 11.9. The van der Waals surface area contributed by atoms with E-state index in [0.29, 0.717) is 18.7 Å². The summed E-state index contributed by atoms with van der Waals surface area (Å²) in [7, 11) is 0. The summed E-state index contributed by atoms with van der Waals surface area (Å²) >= 11 is 5.29. The van der Waals surface area contributed by atoms with Crippen LogP contribution in [0.3, 0.4) is 0 Å². The molecule has 0 saturated carbocycles. The Morgan fingerprint density at radius 1 is 1.67 bits per heavy atom. The molecule has 0 aromatic rings. The number of aldehydes is 1. The lowest BCUT2D eigenvalue weighted by molar-refractivity contribution is -0.106. The number of carbonyl (C=O) groups excluding carboxylic acids is 1. The average Bonchev–Trinajstić information content (AvgIpc) is 1.89. The molecule has 0 heterocycles. The molecule has 0 fully saturated rings. The number of halogens is 2. The standard InChI is InChI=1S/C6H8ClFO/c7-4-2-1-3-6(8)5-9/h3,5H,1-2,4H2. The predicted molar refractivity (Wildman–Crippen MR) is 35.2 cm³/mol. The Kier molecular flexibility index (Phi) is 5.52. The molecule has 0 radical (unpaired) electrons. The van der Waals surface area contributed by atoms with Crippen LogP contribution in [-0.2, 0) is 4.79 Å². The number of rotatable bonds is 4. The van der Waals surface area contributed by atoms with E-state index in [1.54, 1.807) is 0 Å². The van der Waals surface area contributed by atoms with Crippen molar-refractivity contribution in [2.45, 2.75) is 12.8 Å². The van der Waals surface area contributed by atoms with E-state index in [2.05, 4.69) is 0 Å². The molecule has 0 rings (SSSR count). The molecule has 0 amide bonds. The van der Waals surface area contributed by atoms with Gasteiger partial charge in [-0.1, -0.05) is 0 Å². The maximum absolute atomic E-state index is 11.9. The van der Waals surface area contributed by atoms with E-state index in [4.69, 9.17) is 11.6 Å². The first-order valence-electron chi connectivity index (χ1n) is 2.68. The molecular formula is C6H8ClFO. The summed E-state index contributed by atoms with van der Waals surface area (Å²) in [6.07, 6.45) is 2.67. The average molecular weight is 151 g/mol. The molecule has 0 spiro atoms. The van der Waals surface area contributed by atoms with E-state index >= 15 is 0 Å². The van der Waals surface area contributed by atoms with Crippen LogP contribution < -0.4 is 0 Å². The molecule has 0 bridgehead atoms. The van der Waals surface area contributed by atoms with Gasteiger partial charge in [0.15, 0.2) is 12.1 Å². The van der Waals surface area contributed by atoms with Crippen LogP contribution in [0.25, 0.3) is 0 Å². The van der Waals surface area contributed by atoms with E-state index in [9.17, 15) is 9.18 Å². The van der Waals surface area contributed by atoms with Gasteiger partial charge in [-0.05, 0) is 18.9 Å². The number of alkyl halides is 1. The van der Waals surface area contributed by atoms with Gasteiger partial charge >= 0.3 is 0 Å². The molecule has 52 valence electrons. The molecule has 3 heteroatoms. The van der Waals surface area contributed by atoms with Crippen molar-refractivity contribution in [1.82, 2.24) is 0 Å². The van der Waals surface area contributed by atoms with Crippen molar-refractivity contribution in [3.63, 3.8) is 0 Å². The van der Waals surface area contributed by atoms with Gasteiger partial charge in [0.05, 0.1) is 0 Å². The van der Waals surface area contributed by atoms with Gasteiger partial charge in [0.1, 0.15) is 0 Å². The molecule has 1 nitrogen and oxygen atoms in total. The number of hydrogen-bond donors (Lipinski definition) is 0. The topological polar surface area (TPSA) is 17.1 Å². The van der Waals surface area contributed by atoms with E-state index in [1.165, 1.54) is 6.08 Å². The summed E-state index contributed by atoms with van der Waals surface area (Å²) in [6, 6.07) is 0. The fourth-order valence-corrected chi connectivity index (χ4v) is 0.520. The number of carbonyl (C=O) groups is 1. The molecule has 0 aromatic carbocycles. The van der Waals surface area contributed by atoms with Crippen molar-refractivity contribution < 1.29 is 9.18 Å². The van der Waals surface area contributed by atoms with Gasteiger partial charge in [-0.2, -0.15) is 0 Å². The van der Waals surface area contributed by atoms with Crippen LogP contribution in [-0.4, -0.2) is 12.2 Å². The Balaban J connectivity index is 3.31.